The van der Waals surface area contributed by atoms with Crippen molar-refractivity contribution in [1.82, 2.24) is 0 Å². The van der Waals surface area contributed by atoms with E-state index in [-0.39, 0.29) is 18.1 Å². The summed E-state index contributed by atoms with van der Waals surface area (Å²) >= 11 is 0.936. The molecule has 2 rings (SSSR count). The van der Waals surface area contributed by atoms with Crippen molar-refractivity contribution in [3.8, 4) is 0 Å². The van der Waals surface area contributed by atoms with Gasteiger partial charge in [0.25, 0.3) is 0 Å². The van der Waals surface area contributed by atoms with Gasteiger partial charge in [0.05, 0.1) is 28.9 Å². The summed E-state index contributed by atoms with van der Waals surface area (Å²) in [7, 11) is 0. The van der Waals surface area contributed by atoms with Crippen LogP contribution in [0.25, 0.3) is 0 Å². The van der Waals surface area contributed by atoms with E-state index in [1.165, 1.54) is 24.3 Å². The van der Waals surface area contributed by atoms with Crippen molar-refractivity contribution in [3.63, 3.8) is 0 Å². The fourth-order valence-electron chi connectivity index (χ4n) is 2.32. The van der Waals surface area contributed by atoms with Crippen LogP contribution in [0.4, 0.5) is 5.69 Å². The van der Waals surface area contributed by atoms with Crippen LogP contribution in [0.2, 0.25) is 0 Å². The average molecular weight is 365 g/mol. The highest BCUT2D eigenvalue weighted by molar-refractivity contribution is 8.01. The molecule has 7 nitrogen and oxygen atoms in total. The summed E-state index contributed by atoms with van der Waals surface area (Å²) in [5.74, 6) is -2.54. The Labute approximate surface area is 149 Å². The molecule has 0 radical (unpaired) electrons. The van der Waals surface area contributed by atoms with Crippen LogP contribution < -0.4 is 4.90 Å². The van der Waals surface area contributed by atoms with Crippen molar-refractivity contribution in [1.29, 1.82) is 0 Å². The van der Waals surface area contributed by atoms with Crippen LogP contribution in [0, 0.1) is 0 Å². The van der Waals surface area contributed by atoms with Crippen LogP contribution in [0.3, 0.4) is 0 Å². The van der Waals surface area contributed by atoms with Gasteiger partial charge in [-0.05, 0) is 30.7 Å². The van der Waals surface area contributed by atoms with E-state index in [9.17, 15) is 19.2 Å². The van der Waals surface area contributed by atoms with Crippen molar-refractivity contribution >= 4 is 41.2 Å². The number of carboxylic acid groups (broad SMARTS) is 1. The zero-order valence-electron chi connectivity index (χ0n) is 13.8. The van der Waals surface area contributed by atoms with Crippen LogP contribution in [0.5, 0.6) is 0 Å². The number of esters is 1. The second kappa shape index (κ2) is 8.66. The number of ether oxygens (including phenoxy) is 1. The lowest BCUT2D eigenvalue weighted by Crippen LogP contribution is -2.31. The normalized spacial score (nSPS) is 17.0. The Balaban J connectivity index is 2.03. The lowest BCUT2D eigenvalue weighted by Gasteiger charge is -2.15. The molecule has 1 aliphatic heterocycles. The van der Waals surface area contributed by atoms with E-state index in [2.05, 4.69) is 0 Å². The highest BCUT2D eigenvalue weighted by atomic mass is 32.2. The van der Waals surface area contributed by atoms with Gasteiger partial charge in [0.1, 0.15) is 0 Å². The number of hydrogen-bond donors (Lipinski definition) is 1. The van der Waals surface area contributed by atoms with Crippen LogP contribution in [-0.2, 0) is 19.1 Å². The fourth-order valence-corrected chi connectivity index (χ4v) is 3.17. The first-order valence-corrected chi connectivity index (χ1v) is 8.96. The minimum atomic E-state index is -1.03. The highest BCUT2D eigenvalue weighted by Gasteiger charge is 2.40. The van der Waals surface area contributed by atoms with Gasteiger partial charge in [-0.3, -0.25) is 14.4 Å². The second-order valence-corrected chi connectivity index (χ2v) is 6.69. The van der Waals surface area contributed by atoms with E-state index >= 15 is 0 Å². The summed E-state index contributed by atoms with van der Waals surface area (Å²) < 4.78 is 5.10. The second-order valence-electron chi connectivity index (χ2n) is 5.50. The maximum atomic E-state index is 12.3. The SMILES string of the molecule is CCCCOC(=O)c1ccc(N2C(=O)CC(SCC(=O)O)C2=O)cc1. The third-order valence-corrected chi connectivity index (χ3v) is 4.79. The number of anilines is 1. The van der Waals surface area contributed by atoms with E-state index in [0.717, 1.165) is 29.5 Å². The summed E-state index contributed by atoms with van der Waals surface area (Å²) in [5, 5.41) is 8.00. The smallest absolute Gasteiger partial charge is 0.338 e. The molecule has 1 aromatic carbocycles. The zero-order chi connectivity index (χ0) is 18.4. The number of aliphatic carboxylic acids is 1. The molecule has 0 spiro atoms. The number of carbonyl (C=O) groups excluding carboxylic acids is 3. The number of imide groups is 1. The summed E-state index contributed by atoms with van der Waals surface area (Å²) in [4.78, 5) is 47.9. The summed E-state index contributed by atoms with van der Waals surface area (Å²) in [5.41, 5.74) is 0.703. The van der Waals surface area contributed by atoms with Crippen LogP contribution in [0.1, 0.15) is 36.5 Å². The van der Waals surface area contributed by atoms with Gasteiger partial charge >= 0.3 is 11.9 Å². The summed E-state index contributed by atoms with van der Waals surface area (Å²) in [6.07, 6.45) is 1.68. The first-order valence-electron chi connectivity index (χ1n) is 7.91. The molecule has 0 aromatic heterocycles. The molecule has 1 N–H and O–H groups in total. The molecule has 134 valence electrons. The Hall–Kier alpha value is -2.35. The number of unbranched alkanes of at least 4 members (excludes halogenated alkanes) is 1. The molecule has 8 heteroatoms. The number of amides is 2. The monoisotopic (exact) mass is 365 g/mol. The van der Waals surface area contributed by atoms with Crippen molar-refractivity contribution in [3.05, 3.63) is 29.8 Å². The van der Waals surface area contributed by atoms with E-state index in [4.69, 9.17) is 9.84 Å². The predicted molar refractivity (Wildman–Crippen MR) is 92.6 cm³/mol. The molecule has 1 aliphatic rings. The van der Waals surface area contributed by atoms with Crippen LogP contribution in [-0.4, -0.2) is 46.5 Å². The Kier molecular flexibility index (Phi) is 6.58. The lowest BCUT2D eigenvalue weighted by molar-refractivity contribution is -0.134. The highest BCUT2D eigenvalue weighted by Crippen LogP contribution is 2.29. The number of carboxylic acids is 1. The van der Waals surface area contributed by atoms with E-state index in [1.54, 1.807) is 0 Å². The quantitative estimate of drug-likeness (QED) is 0.428. The summed E-state index contributed by atoms with van der Waals surface area (Å²) in [6.45, 7) is 2.34. The van der Waals surface area contributed by atoms with Gasteiger partial charge in [0, 0.05) is 6.42 Å². The maximum absolute atomic E-state index is 12.3. The molecular formula is C17H19NO6S. The lowest BCUT2D eigenvalue weighted by atomic mass is 10.2. The minimum Gasteiger partial charge on any atom is -0.481 e. The number of hydrogen-bond acceptors (Lipinski definition) is 6. The predicted octanol–water partition coefficient (Wildman–Crippen LogP) is 2.09. The van der Waals surface area contributed by atoms with Crippen molar-refractivity contribution < 1.29 is 29.0 Å². The molecule has 1 saturated heterocycles. The van der Waals surface area contributed by atoms with Crippen molar-refractivity contribution in [2.75, 3.05) is 17.3 Å². The molecule has 1 unspecified atom stereocenters. The standard InChI is InChI=1S/C17H19NO6S/c1-2-3-8-24-17(23)11-4-6-12(7-5-11)18-14(19)9-13(16(18)22)25-10-15(20)21/h4-7,13H,2-3,8-10H2,1H3,(H,20,21). The van der Waals surface area contributed by atoms with Gasteiger partial charge in [-0.25, -0.2) is 9.69 Å². The molecule has 25 heavy (non-hydrogen) atoms. The number of rotatable bonds is 8. The van der Waals surface area contributed by atoms with Gasteiger partial charge in [-0.1, -0.05) is 13.3 Å². The van der Waals surface area contributed by atoms with E-state index in [0.29, 0.717) is 17.9 Å². The van der Waals surface area contributed by atoms with E-state index < -0.39 is 23.1 Å². The topological polar surface area (TPSA) is 101 Å². The minimum absolute atomic E-state index is 0.0302. The van der Waals surface area contributed by atoms with Gasteiger partial charge in [0.15, 0.2) is 0 Å². The zero-order valence-corrected chi connectivity index (χ0v) is 14.6. The van der Waals surface area contributed by atoms with Gasteiger partial charge < -0.3 is 9.84 Å². The van der Waals surface area contributed by atoms with Gasteiger partial charge in [-0.2, -0.15) is 0 Å². The number of carbonyl (C=O) groups is 4. The maximum Gasteiger partial charge on any atom is 0.338 e. The number of nitrogens with zero attached hydrogens (tertiary/aromatic N) is 1. The van der Waals surface area contributed by atoms with Crippen LogP contribution >= 0.6 is 11.8 Å². The number of benzene rings is 1. The first kappa shape index (κ1) is 19.0. The Morgan fingerprint density at radius 1 is 1.28 bits per heavy atom. The molecule has 0 bridgehead atoms. The van der Waals surface area contributed by atoms with E-state index in [1.807, 2.05) is 6.92 Å². The third kappa shape index (κ3) is 4.82. The van der Waals surface area contributed by atoms with Gasteiger partial charge in [-0.15, -0.1) is 11.8 Å². The Morgan fingerprint density at radius 3 is 2.56 bits per heavy atom. The molecule has 1 atom stereocenters. The molecule has 1 fully saturated rings. The Bertz CT molecular complexity index is 672. The van der Waals surface area contributed by atoms with Crippen molar-refractivity contribution in [2.24, 2.45) is 0 Å². The first-order chi connectivity index (χ1) is 11.9. The largest absolute Gasteiger partial charge is 0.481 e. The van der Waals surface area contributed by atoms with Gasteiger partial charge in [0.2, 0.25) is 11.8 Å². The molecule has 0 aliphatic carbocycles. The molecule has 0 saturated carbocycles. The number of thioether (sulfide) groups is 1. The average Bonchev–Trinajstić information content (AvgIpc) is 2.87. The molecule has 1 heterocycles. The van der Waals surface area contributed by atoms with Crippen LogP contribution in [0.15, 0.2) is 24.3 Å². The molecular weight excluding hydrogens is 346 g/mol. The fraction of sp³-hybridized carbons (Fsp3) is 0.412. The van der Waals surface area contributed by atoms with Crippen molar-refractivity contribution in [2.45, 2.75) is 31.4 Å². The third-order valence-electron chi connectivity index (χ3n) is 3.61. The summed E-state index contributed by atoms with van der Waals surface area (Å²) in [6, 6.07) is 6.02. The Morgan fingerprint density at radius 2 is 1.96 bits per heavy atom. The molecule has 2 amide bonds. The molecule has 1 aromatic rings.